The van der Waals surface area contributed by atoms with E-state index >= 15 is 0 Å². The van der Waals surface area contributed by atoms with Crippen LogP contribution in [0, 0.1) is 5.82 Å². The van der Waals surface area contributed by atoms with Gasteiger partial charge in [0.05, 0.1) is 5.92 Å². The minimum Gasteiger partial charge on any atom is -0.315 e. The smallest absolute Gasteiger partial charge is 0.234 e. The van der Waals surface area contributed by atoms with Crippen molar-refractivity contribution in [1.29, 1.82) is 0 Å². The van der Waals surface area contributed by atoms with Crippen LogP contribution in [0.3, 0.4) is 0 Å². The van der Waals surface area contributed by atoms with Gasteiger partial charge in [-0.3, -0.25) is 4.79 Å². The Hall–Kier alpha value is -1.38. The van der Waals surface area contributed by atoms with E-state index in [1.54, 1.807) is 18.0 Å². The Bertz CT molecular complexity index is 389. The molecule has 1 amide bonds. The number of anilines is 1. The maximum absolute atomic E-state index is 13.0. The maximum Gasteiger partial charge on any atom is 0.234 e. The van der Waals surface area contributed by atoms with Crippen LogP contribution in [0.25, 0.3) is 0 Å². The van der Waals surface area contributed by atoms with Crippen LogP contribution in [0.4, 0.5) is 10.1 Å². The lowest BCUT2D eigenvalue weighted by Crippen LogP contribution is -2.23. The molecule has 1 aliphatic rings. The minimum absolute atomic E-state index is 0.0631. The number of carbonyl (C=O) groups is 1. The lowest BCUT2D eigenvalue weighted by Gasteiger charge is -2.09. The molecule has 0 fully saturated rings. The number of benzene rings is 1. The van der Waals surface area contributed by atoms with Gasteiger partial charge in [-0.15, -0.1) is 0 Å². The molecule has 2 rings (SSSR count). The SMILES string of the molecule is CCC1C(=O)N(C)c2ccc(F)cc21. The Labute approximate surface area is 82.3 Å². The zero-order valence-corrected chi connectivity index (χ0v) is 8.25. The van der Waals surface area contributed by atoms with Crippen LogP contribution in [-0.4, -0.2) is 13.0 Å². The van der Waals surface area contributed by atoms with Gasteiger partial charge in [-0.2, -0.15) is 0 Å². The molecule has 0 saturated heterocycles. The van der Waals surface area contributed by atoms with E-state index < -0.39 is 0 Å². The number of nitrogens with zero attached hydrogens (tertiary/aromatic N) is 1. The first-order valence-corrected chi connectivity index (χ1v) is 4.72. The molecule has 0 saturated carbocycles. The molecular formula is C11H12FNO. The van der Waals surface area contributed by atoms with E-state index in [-0.39, 0.29) is 17.6 Å². The van der Waals surface area contributed by atoms with Gasteiger partial charge in [0.1, 0.15) is 5.82 Å². The van der Waals surface area contributed by atoms with E-state index in [1.807, 2.05) is 6.92 Å². The molecule has 0 aromatic heterocycles. The molecule has 1 unspecified atom stereocenters. The van der Waals surface area contributed by atoms with Crippen molar-refractivity contribution in [3.8, 4) is 0 Å². The third-order valence-electron chi connectivity index (χ3n) is 2.76. The highest BCUT2D eigenvalue weighted by Gasteiger charge is 2.33. The minimum atomic E-state index is -0.273. The van der Waals surface area contributed by atoms with Crippen LogP contribution in [-0.2, 0) is 4.79 Å². The molecule has 14 heavy (non-hydrogen) atoms. The fourth-order valence-electron chi connectivity index (χ4n) is 1.99. The highest BCUT2D eigenvalue weighted by molar-refractivity contribution is 6.04. The van der Waals surface area contributed by atoms with Crippen LogP contribution in [0.2, 0.25) is 0 Å². The van der Waals surface area contributed by atoms with E-state index in [2.05, 4.69) is 0 Å². The summed E-state index contributed by atoms with van der Waals surface area (Å²) in [5.74, 6) is -0.371. The second-order valence-corrected chi connectivity index (χ2v) is 3.56. The van der Waals surface area contributed by atoms with Crippen molar-refractivity contribution < 1.29 is 9.18 Å². The van der Waals surface area contributed by atoms with Gasteiger partial charge in [0, 0.05) is 12.7 Å². The average Bonchev–Trinajstić information content (AvgIpc) is 2.39. The Morgan fingerprint density at radius 2 is 2.21 bits per heavy atom. The van der Waals surface area contributed by atoms with Gasteiger partial charge in [-0.25, -0.2) is 4.39 Å². The molecule has 1 aliphatic heterocycles. The van der Waals surface area contributed by atoms with Crippen LogP contribution in [0.5, 0.6) is 0 Å². The van der Waals surface area contributed by atoms with Gasteiger partial charge in [-0.05, 0) is 30.2 Å². The van der Waals surface area contributed by atoms with Crippen molar-refractivity contribution >= 4 is 11.6 Å². The van der Waals surface area contributed by atoms with Crippen LogP contribution in [0.15, 0.2) is 18.2 Å². The van der Waals surface area contributed by atoms with Gasteiger partial charge >= 0.3 is 0 Å². The van der Waals surface area contributed by atoms with Gasteiger partial charge in [-0.1, -0.05) is 6.92 Å². The Balaban J connectivity index is 2.56. The summed E-state index contributed by atoms with van der Waals surface area (Å²) in [6.45, 7) is 1.94. The number of amides is 1. The number of likely N-dealkylation sites (N-methyl/N-ethyl adjacent to an activating group) is 1. The summed E-state index contributed by atoms with van der Waals surface area (Å²) >= 11 is 0. The molecule has 1 aromatic carbocycles. The lowest BCUT2D eigenvalue weighted by molar-refractivity contribution is -0.119. The van der Waals surface area contributed by atoms with E-state index in [4.69, 9.17) is 0 Å². The number of fused-ring (bicyclic) bond motifs is 1. The first-order valence-electron chi connectivity index (χ1n) is 4.72. The van der Waals surface area contributed by atoms with E-state index in [9.17, 15) is 9.18 Å². The number of hydrogen-bond acceptors (Lipinski definition) is 1. The fraction of sp³-hybridized carbons (Fsp3) is 0.364. The maximum atomic E-state index is 13.0. The predicted molar refractivity (Wildman–Crippen MR) is 52.8 cm³/mol. The largest absolute Gasteiger partial charge is 0.315 e. The topological polar surface area (TPSA) is 20.3 Å². The highest BCUT2D eigenvalue weighted by Crippen LogP contribution is 2.38. The second-order valence-electron chi connectivity index (χ2n) is 3.56. The summed E-state index contributed by atoms with van der Waals surface area (Å²) < 4.78 is 13.0. The molecule has 0 spiro atoms. The monoisotopic (exact) mass is 193 g/mol. The van der Waals surface area contributed by atoms with Crippen molar-refractivity contribution in [3.63, 3.8) is 0 Å². The quantitative estimate of drug-likeness (QED) is 0.670. The van der Waals surface area contributed by atoms with Gasteiger partial charge in [0.15, 0.2) is 0 Å². The standard InChI is InChI=1S/C11H12FNO/c1-3-8-9-6-7(12)4-5-10(9)13(2)11(8)14/h4-6,8H,3H2,1-2H3. The van der Waals surface area contributed by atoms with Gasteiger partial charge in [0.2, 0.25) is 5.91 Å². The Morgan fingerprint density at radius 3 is 2.86 bits per heavy atom. The third-order valence-corrected chi connectivity index (χ3v) is 2.76. The highest BCUT2D eigenvalue weighted by atomic mass is 19.1. The summed E-state index contributed by atoms with van der Waals surface area (Å²) in [4.78, 5) is 13.3. The zero-order chi connectivity index (χ0) is 10.3. The number of hydrogen-bond donors (Lipinski definition) is 0. The van der Waals surface area contributed by atoms with Crippen LogP contribution >= 0.6 is 0 Å². The number of halogens is 1. The summed E-state index contributed by atoms with van der Waals surface area (Å²) in [5.41, 5.74) is 1.66. The van der Waals surface area contributed by atoms with E-state index in [1.165, 1.54) is 12.1 Å². The molecule has 74 valence electrons. The first-order chi connectivity index (χ1) is 6.65. The zero-order valence-electron chi connectivity index (χ0n) is 8.25. The summed E-state index contributed by atoms with van der Waals surface area (Å²) in [6.07, 6.45) is 0.722. The first kappa shape index (κ1) is 9.19. The van der Waals surface area contributed by atoms with Crippen LogP contribution in [0.1, 0.15) is 24.8 Å². The van der Waals surface area contributed by atoms with Crippen molar-refractivity contribution in [3.05, 3.63) is 29.6 Å². The normalized spacial score (nSPS) is 20.1. The van der Waals surface area contributed by atoms with Gasteiger partial charge < -0.3 is 4.90 Å². The van der Waals surface area contributed by atoms with Crippen molar-refractivity contribution in [2.45, 2.75) is 19.3 Å². The predicted octanol–water partition coefficient (Wildman–Crippen LogP) is 2.30. The molecule has 3 heteroatoms. The van der Waals surface area contributed by atoms with Crippen molar-refractivity contribution in [2.75, 3.05) is 11.9 Å². The Morgan fingerprint density at radius 1 is 1.50 bits per heavy atom. The lowest BCUT2D eigenvalue weighted by atomic mass is 9.98. The molecule has 0 bridgehead atoms. The van der Waals surface area contributed by atoms with Crippen LogP contribution < -0.4 is 4.90 Å². The number of carbonyl (C=O) groups excluding carboxylic acids is 1. The average molecular weight is 193 g/mol. The molecule has 1 aromatic rings. The molecule has 0 N–H and O–H groups in total. The van der Waals surface area contributed by atoms with Gasteiger partial charge in [0.25, 0.3) is 0 Å². The number of rotatable bonds is 1. The fourth-order valence-corrected chi connectivity index (χ4v) is 1.99. The molecule has 1 atom stereocenters. The van der Waals surface area contributed by atoms with Crippen molar-refractivity contribution in [1.82, 2.24) is 0 Å². The van der Waals surface area contributed by atoms with E-state index in [0.29, 0.717) is 0 Å². The third kappa shape index (κ3) is 1.12. The van der Waals surface area contributed by atoms with Crippen molar-refractivity contribution in [2.24, 2.45) is 0 Å². The summed E-state index contributed by atoms with van der Waals surface area (Å²) in [6, 6.07) is 4.52. The molecular weight excluding hydrogens is 181 g/mol. The molecule has 1 heterocycles. The molecule has 0 radical (unpaired) electrons. The second kappa shape index (κ2) is 3.08. The summed E-state index contributed by atoms with van der Waals surface area (Å²) in [5, 5.41) is 0. The molecule has 0 aliphatic carbocycles. The summed E-state index contributed by atoms with van der Waals surface area (Å²) in [7, 11) is 1.73. The Kier molecular flexibility index (Phi) is 2.02. The molecule has 2 nitrogen and oxygen atoms in total. The van der Waals surface area contributed by atoms with E-state index in [0.717, 1.165) is 17.7 Å².